The van der Waals surface area contributed by atoms with Gasteiger partial charge in [-0.25, -0.2) is 0 Å². The summed E-state index contributed by atoms with van der Waals surface area (Å²) in [6.45, 7) is 6.84. The molecule has 10 heteroatoms. The van der Waals surface area contributed by atoms with E-state index in [2.05, 4.69) is 9.83 Å². The molecule has 2 atom stereocenters. The summed E-state index contributed by atoms with van der Waals surface area (Å²) < 4.78 is 77.3. The summed E-state index contributed by atoms with van der Waals surface area (Å²) >= 11 is 0. The standard InChI is InChI=1S/C17H12F6N2O2/c1-24-15-6-9(2-3-25-15)13(26)8-14(27)10-4-11(16(18,19)20)7-12(5-10)17(21,22)23/h2-7,13-14,26-27H,8H2. The van der Waals surface area contributed by atoms with Crippen LogP contribution in [0, 0.1) is 6.57 Å². The molecule has 0 saturated heterocycles. The summed E-state index contributed by atoms with van der Waals surface area (Å²) in [7, 11) is 0. The van der Waals surface area contributed by atoms with Crippen LogP contribution < -0.4 is 0 Å². The van der Waals surface area contributed by atoms with Gasteiger partial charge in [0.05, 0.1) is 23.3 Å². The fourth-order valence-corrected chi connectivity index (χ4v) is 2.36. The lowest BCUT2D eigenvalue weighted by atomic mass is 9.96. The van der Waals surface area contributed by atoms with Crippen LogP contribution in [-0.2, 0) is 12.4 Å². The number of alkyl halides is 6. The Labute approximate surface area is 149 Å². The number of pyridine rings is 1. The number of benzene rings is 1. The second-order valence-corrected chi connectivity index (χ2v) is 5.67. The number of nitrogens with zero attached hydrogens (tertiary/aromatic N) is 2. The lowest BCUT2D eigenvalue weighted by Crippen LogP contribution is -2.14. The Balaban J connectivity index is 2.34. The van der Waals surface area contributed by atoms with E-state index in [-0.39, 0.29) is 17.4 Å². The molecule has 1 aromatic heterocycles. The minimum Gasteiger partial charge on any atom is -0.388 e. The van der Waals surface area contributed by atoms with Crippen LogP contribution in [0.2, 0.25) is 0 Å². The third-order valence-corrected chi connectivity index (χ3v) is 3.71. The second kappa shape index (κ2) is 7.54. The lowest BCUT2D eigenvalue weighted by molar-refractivity contribution is -0.143. The Bertz CT molecular complexity index is 825. The van der Waals surface area contributed by atoms with Gasteiger partial charge >= 0.3 is 12.4 Å². The number of aromatic nitrogens is 1. The molecule has 0 spiro atoms. The van der Waals surface area contributed by atoms with Crippen LogP contribution in [0.5, 0.6) is 0 Å². The number of hydrogen-bond acceptors (Lipinski definition) is 3. The van der Waals surface area contributed by atoms with Crippen molar-refractivity contribution in [3.8, 4) is 0 Å². The van der Waals surface area contributed by atoms with Gasteiger partial charge in [-0.1, -0.05) is 6.57 Å². The molecule has 2 N–H and O–H groups in total. The molecule has 0 aliphatic carbocycles. The summed E-state index contributed by atoms with van der Waals surface area (Å²) in [6.07, 6.45) is -12.7. The molecule has 4 nitrogen and oxygen atoms in total. The second-order valence-electron chi connectivity index (χ2n) is 5.67. The van der Waals surface area contributed by atoms with Gasteiger partial charge < -0.3 is 15.1 Å². The molecular formula is C17H12F6N2O2. The first kappa shape index (κ1) is 20.7. The highest BCUT2D eigenvalue weighted by atomic mass is 19.4. The number of aliphatic hydroxyl groups is 2. The van der Waals surface area contributed by atoms with Crippen molar-refractivity contribution in [2.45, 2.75) is 31.0 Å². The van der Waals surface area contributed by atoms with Crippen molar-refractivity contribution in [1.29, 1.82) is 0 Å². The number of halogens is 6. The van der Waals surface area contributed by atoms with Crippen LogP contribution in [0.1, 0.15) is 40.9 Å². The van der Waals surface area contributed by atoms with Crippen LogP contribution in [0.15, 0.2) is 36.5 Å². The normalized spacial score (nSPS) is 14.5. The van der Waals surface area contributed by atoms with Crippen LogP contribution in [0.4, 0.5) is 32.2 Å². The molecule has 0 aliphatic heterocycles. The molecule has 0 fully saturated rings. The van der Waals surface area contributed by atoms with E-state index < -0.39 is 47.7 Å². The molecular weight excluding hydrogens is 378 g/mol. The molecule has 0 aliphatic rings. The SMILES string of the molecule is [C-]#[N+]c1cc(C(O)CC(O)c2cc(C(F)(F)F)cc(C(F)(F)F)c2)ccn1. The van der Waals surface area contributed by atoms with E-state index >= 15 is 0 Å². The Morgan fingerprint density at radius 3 is 1.89 bits per heavy atom. The first-order valence-corrected chi connectivity index (χ1v) is 7.40. The molecule has 27 heavy (non-hydrogen) atoms. The topological polar surface area (TPSA) is 57.7 Å². The Hall–Kier alpha value is -2.64. The van der Waals surface area contributed by atoms with Crippen molar-refractivity contribution in [2.75, 3.05) is 0 Å². The molecule has 2 unspecified atom stereocenters. The smallest absolute Gasteiger partial charge is 0.388 e. The third kappa shape index (κ3) is 5.18. The highest BCUT2D eigenvalue weighted by Crippen LogP contribution is 2.38. The van der Waals surface area contributed by atoms with E-state index in [9.17, 15) is 36.6 Å². The van der Waals surface area contributed by atoms with Gasteiger partial charge in [0.1, 0.15) is 6.20 Å². The predicted octanol–water partition coefficient (Wildman–Crippen LogP) is 4.83. The van der Waals surface area contributed by atoms with Crippen molar-refractivity contribution >= 4 is 5.82 Å². The molecule has 0 bridgehead atoms. The maximum absolute atomic E-state index is 12.9. The monoisotopic (exact) mass is 390 g/mol. The van der Waals surface area contributed by atoms with Gasteiger partial charge in [0, 0.05) is 6.42 Å². The fraction of sp³-hybridized carbons (Fsp3) is 0.294. The molecule has 1 heterocycles. The Morgan fingerprint density at radius 2 is 1.41 bits per heavy atom. The van der Waals surface area contributed by atoms with Gasteiger partial charge in [0.25, 0.3) is 5.82 Å². The van der Waals surface area contributed by atoms with Gasteiger partial charge in [-0.05, 0) is 41.5 Å². The minimum atomic E-state index is -5.04. The summed E-state index contributed by atoms with van der Waals surface area (Å²) in [4.78, 5) is 6.72. The number of rotatable bonds is 4. The molecule has 0 saturated carbocycles. The van der Waals surface area contributed by atoms with Crippen molar-refractivity contribution in [3.63, 3.8) is 0 Å². The maximum atomic E-state index is 12.9. The average molecular weight is 390 g/mol. The van der Waals surface area contributed by atoms with Crippen molar-refractivity contribution < 1.29 is 36.6 Å². The largest absolute Gasteiger partial charge is 0.416 e. The van der Waals surface area contributed by atoms with Gasteiger partial charge in [0.2, 0.25) is 0 Å². The van der Waals surface area contributed by atoms with E-state index in [1.54, 1.807) is 0 Å². The van der Waals surface area contributed by atoms with Crippen LogP contribution in [0.25, 0.3) is 4.85 Å². The summed E-state index contributed by atoms with van der Waals surface area (Å²) in [5.41, 5.74) is -3.59. The highest BCUT2D eigenvalue weighted by Gasteiger charge is 2.37. The maximum Gasteiger partial charge on any atom is 0.416 e. The lowest BCUT2D eigenvalue weighted by Gasteiger charge is -2.19. The third-order valence-electron chi connectivity index (χ3n) is 3.71. The molecule has 1 aromatic carbocycles. The number of hydrogen-bond donors (Lipinski definition) is 2. The summed E-state index contributed by atoms with van der Waals surface area (Å²) in [5, 5.41) is 20.2. The van der Waals surface area contributed by atoms with Crippen molar-refractivity contribution in [3.05, 3.63) is 70.2 Å². The summed E-state index contributed by atoms with van der Waals surface area (Å²) in [6, 6.07) is 3.29. The predicted molar refractivity (Wildman–Crippen MR) is 81.5 cm³/mol. The molecule has 144 valence electrons. The van der Waals surface area contributed by atoms with Gasteiger partial charge in [-0.2, -0.15) is 26.3 Å². The Morgan fingerprint density at radius 1 is 0.889 bits per heavy atom. The van der Waals surface area contributed by atoms with Gasteiger partial charge in [0.15, 0.2) is 0 Å². The number of aliphatic hydroxyl groups excluding tert-OH is 2. The van der Waals surface area contributed by atoms with E-state index in [1.165, 1.54) is 18.3 Å². The fourth-order valence-electron chi connectivity index (χ4n) is 2.36. The van der Waals surface area contributed by atoms with E-state index in [4.69, 9.17) is 6.57 Å². The molecule has 0 radical (unpaired) electrons. The molecule has 2 aromatic rings. The van der Waals surface area contributed by atoms with Crippen LogP contribution in [-0.4, -0.2) is 15.2 Å². The van der Waals surface area contributed by atoms with Crippen LogP contribution in [0.3, 0.4) is 0 Å². The first-order valence-electron chi connectivity index (χ1n) is 7.40. The average Bonchev–Trinajstić information content (AvgIpc) is 2.59. The molecule has 0 amide bonds. The minimum absolute atomic E-state index is 0.0441. The van der Waals surface area contributed by atoms with Crippen molar-refractivity contribution in [2.24, 2.45) is 0 Å². The quantitative estimate of drug-likeness (QED) is 0.581. The molecule has 2 rings (SSSR count). The zero-order valence-electron chi connectivity index (χ0n) is 13.4. The first-order chi connectivity index (χ1) is 12.4. The summed E-state index contributed by atoms with van der Waals surface area (Å²) in [5.74, 6) is -0.0560. The van der Waals surface area contributed by atoms with E-state index in [0.717, 1.165) is 0 Å². The zero-order chi connectivity index (χ0) is 20.4. The van der Waals surface area contributed by atoms with Gasteiger partial charge in [-0.3, -0.25) is 0 Å². The van der Waals surface area contributed by atoms with Gasteiger partial charge in [-0.15, -0.1) is 4.98 Å². The van der Waals surface area contributed by atoms with Crippen LogP contribution >= 0.6 is 0 Å². The van der Waals surface area contributed by atoms with E-state index in [1.807, 2.05) is 0 Å². The van der Waals surface area contributed by atoms with Crippen molar-refractivity contribution in [1.82, 2.24) is 4.98 Å². The Kier molecular flexibility index (Phi) is 5.77. The zero-order valence-corrected chi connectivity index (χ0v) is 13.4. The highest BCUT2D eigenvalue weighted by molar-refractivity contribution is 5.39. The van der Waals surface area contributed by atoms with E-state index in [0.29, 0.717) is 12.1 Å².